The standard InChI is InChI=1S/C12H26O2/c1-8(9(13)11(2,3)4)10(14)12(5,6)7/h8-10,13-14H,1-7H3. The molecule has 0 bridgehead atoms. The molecule has 2 N–H and O–H groups in total. The summed E-state index contributed by atoms with van der Waals surface area (Å²) in [7, 11) is 0. The second kappa shape index (κ2) is 4.19. The second-order valence-electron chi connectivity index (χ2n) is 6.48. The number of hydrogen-bond acceptors (Lipinski definition) is 2. The summed E-state index contributed by atoms with van der Waals surface area (Å²) in [4.78, 5) is 0. The summed E-state index contributed by atoms with van der Waals surface area (Å²) in [6, 6.07) is 0. The van der Waals surface area contributed by atoms with Crippen molar-refractivity contribution in [2.75, 3.05) is 0 Å². The Labute approximate surface area is 88.3 Å². The SMILES string of the molecule is CC(C(O)C(C)(C)C)C(O)C(C)(C)C. The van der Waals surface area contributed by atoms with Crippen LogP contribution in [0.4, 0.5) is 0 Å². The largest absolute Gasteiger partial charge is 0.392 e. The number of aliphatic hydroxyl groups is 2. The van der Waals surface area contributed by atoms with Crippen LogP contribution < -0.4 is 0 Å². The average Bonchev–Trinajstić information content (AvgIpc) is 1.97. The third-order valence-corrected chi connectivity index (χ3v) is 2.77. The fourth-order valence-electron chi connectivity index (χ4n) is 1.75. The molecule has 0 amide bonds. The molecule has 2 nitrogen and oxygen atoms in total. The third-order valence-electron chi connectivity index (χ3n) is 2.77. The van der Waals surface area contributed by atoms with Crippen molar-refractivity contribution >= 4 is 0 Å². The van der Waals surface area contributed by atoms with E-state index in [4.69, 9.17) is 0 Å². The van der Waals surface area contributed by atoms with Crippen LogP contribution in [0.25, 0.3) is 0 Å². The van der Waals surface area contributed by atoms with Gasteiger partial charge in [0.15, 0.2) is 0 Å². The smallest absolute Gasteiger partial charge is 0.0638 e. The van der Waals surface area contributed by atoms with Gasteiger partial charge in [0.05, 0.1) is 12.2 Å². The van der Waals surface area contributed by atoms with Gasteiger partial charge in [0, 0.05) is 5.92 Å². The lowest BCUT2D eigenvalue weighted by molar-refractivity contribution is -0.0722. The number of aliphatic hydroxyl groups excluding tert-OH is 2. The zero-order valence-electron chi connectivity index (χ0n) is 10.6. The molecule has 0 aliphatic heterocycles. The molecule has 0 rings (SSSR count). The maximum absolute atomic E-state index is 10.0. The molecule has 86 valence electrons. The maximum Gasteiger partial charge on any atom is 0.0638 e. The monoisotopic (exact) mass is 202 g/mol. The Morgan fingerprint density at radius 1 is 0.714 bits per heavy atom. The Hall–Kier alpha value is -0.0800. The lowest BCUT2D eigenvalue weighted by Crippen LogP contribution is -2.43. The Bertz CT molecular complexity index is 154. The van der Waals surface area contributed by atoms with E-state index in [2.05, 4.69) is 0 Å². The summed E-state index contributed by atoms with van der Waals surface area (Å²) in [5.41, 5.74) is -0.350. The van der Waals surface area contributed by atoms with Gasteiger partial charge in [-0.05, 0) is 10.8 Å². The van der Waals surface area contributed by atoms with Crippen LogP contribution >= 0.6 is 0 Å². The summed E-state index contributed by atoms with van der Waals surface area (Å²) in [6.45, 7) is 13.8. The zero-order chi connectivity index (χ0) is 11.7. The number of hydrogen-bond donors (Lipinski definition) is 2. The molecule has 0 aromatic rings. The van der Waals surface area contributed by atoms with E-state index in [9.17, 15) is 10.2 Å². The van der Waals surface area contributed by atoms with Gasteiger partial charge >= 0.3 is 0 Å². The fraction of sp³-hybridized carbons (Fsp3) is 1.00. The molecular weight excluding hydrogens is 176 g/mol. The number of rotatable bonds is 2. The minimum absolute atomic E-state index is 0.102. The highest BCUT2D eigenvalue weighted by Gasteiger charge is 2.36. The molecule has 0 heterocycles. The van der Waals surface area contributed by atoms with Gasteiger partial charge in [-0.25, -0.2) is 0 Å². The summed E-state index contributed by atoms with van der Waals surface area (Å²) >= 11 is 0. The average molecular weight is 202 g/mol. The molecule has 0 aliphatic carbocycles. The van der Waals surface area contributed by atoms with Crippen molar-refractivity contribution in [3.63, 3.8) is 0 Å². The molecule has 14 heavy (non-hydrogen) atoms. The highest BCUT2D eigenvalue weighted by Crippen LogP contribution is 2.33. The van der Waals surface area contributed by atoms with Crippen LogP contribution in [-0.2, 0) is 0 Å². The van der Waals surface area contributed by atoms with Gasteiger partial charge in [0.1, 0.15) is 0 Å². The van der Waals surface area contributed by atoms with Crippen molar-refractivity contribution in [2.45, 2.75) is 60.7 Å². The van der Waals surface area contributed by atoms with E-state index in [-0.39, 0.29) is 16.7 Å². The van der Waals surface area contributed by atoms with Gasteiger partial charge in [0.25, 0.3) is 0 Å². The molecule has 2 unspecified atom stereocenters. The first-order valence-corrected chi connectivity index (χ1v) is 5.34. The molecule has 0 spiro atoms. The normalized spacial score (nSPS) is 20.4. The second-order valence-corrected chi connectivity index (χ2v) is 6.48. The quantitative estimate of drug-likeness (QED) is 0.722. The predicted molar refractivity (Wildman–Crippen MR) is 60.1 cm³/mol. The molecule has 0 aromatic carbocycles. The highest BCUT2D eigenvalue weighted by atomic mass is 16.3. The topological polar surface area (TPSA) is 40.5 Å². The van der Waals surface area contributed by atoms with Crippen LogP contribution in [-0.4, -0.2) is 22.4 Å². The Morgan fingerprint density at radius 3 is 1.07 bits per heavy atom. The maximum atomic E-state index is 10.0. The van der Waals surface area contributed by atoms with Gasteiger partial charge in [-0.1, -0.05) is 48.5 Å². The lowest BCUT2D eigenvalue weighted by atomic mass is 9.73. The van der Waals surface area contributed by atoms with Crippen molar-refractivity contribution < 1.29 is 10.2 Å². The Morgan fingerprint density at radius 2 is 0.929 bits per heavy atom. The van der Waals surface area contributed by atoms with E-state index in [1.807, 2.05) is 48.5 Å². The van der Waals surface area contributed by atoms with Gasteiger partial charge in [-0.3, -0.25) is 0 Å². The first-order chi connectivity index (χ1) is 5.98. The van der Waals surface area contributed by atoms with E-state index in [1.165, 1.54) is 0 Å². The molecule has 0 aromatic heterocycles. The molecule has 0 saturated carbocycles. The van der Waals surface area contributed by atoms with Gasteiger partial charge in [-0.15, -0.1) is 0 Å². The molecular formula is C12H26O2. The Balaban J connectivity index is 4.56. The summed E-state index contributed by atoms with van der Waals surface area (Å²) in [5.74, 6) is -0.102. The minimum atomic E-state index is -0.475. The van der Waals surface area contributed by atoms with E-state index in [1.54, 1.807) is 0 Å². The van der Waals surface area contributed by atoms with Crippen LogP contribution in [0.2, 0.25) is 0 Å². The summed E-state index contributed by atoms with van der Waals surface area (Å²) in [6.07, 6.45) is -0.951. The molecule has 0 aliphatic rings. The fourth-order valence-corrected chi connectivity index (χ4v) is 1.75. The first-order valence-electron chi connectivity index (χ1n) is 5.34. The lowest BCUT2D eigenvalue weighted by Gasteiger charge is -2.38. The Kier molecular flexibility index (Phi) is 4.17. The molecule has 2 atom stereocenters. The van der Waals surface area contributed by atoms with Crippen molar-refractivity contribution in [1.29, 1.82) is 0 Å². The highest BCUT2D eigenvalue weighted by molar-refractivity contribution is 4.86. The van der Waals surface area contributed by atoms with E-state index in [0.29, 0.717) is 0 Å². The van der Waals surface area contributed by atoms with Gasteiger partial charge in [-0.2, -0.15) is 0 Å². The minimum Gasteiger partial charge on any atom is -0.392 e. The van der Waals surface area contributed by atoms with E-state index in [0.717, 1.165) is 0 Å². The van der Waals surface area contributed by atoms with Crippen molar-refractivity contribution in [1.82, 2.24) is 0 Å². The van der Waals surface area contributed by atoms with Crippen LogP contribution in [0.1, 0.15) is 48.5 Å². The molecule has 0 radical (unpaired) electrons. The van der Waals surface area contributed by atoms with Crippen molar-refractivity contribution in [3.8, 4) is 0 Å². The van der Waals surface area contributed by atoms with Crippen molar-refractivity contribution in [2.24, 2.45) is 16.7 Å². The zero-order valence-corrected chi connectivity index (χ0v) is 10.6. The van der Waals surface area contributed by atoms with Gasteiger partial charge < -0.3 is 10.2 Å². The van der Waals surface area contributed by atoms with Crippen LogP contribution in [0.3, 0.4) is 0 Å². The molecule has 0 fully saturated rings. The third kappa shape index (κ3) is 3.58. The molecule has 0 saturated heterocycles. The van der Waals surface area contributed by atoms with Crippen LogP contribution in [0.15, 0.2) is 0 Å². The summed E-state index contributed by atoms with van der Waals surface area (Å²) in [5, 5.41) is 20.1. The predicted octanol–water partition coefficient (Wildman–Crippen LogP) is 2.44. The van der Waals surface area contributed by atoms with E-state index < -0.39 is 12.2 Å². The van der Waals surface area contributed by atoms with Gasteiger partial charge in [0.2, 0.25) is 0 Å². The van der Waals surface area contributed by atoms with Crippen molar-refractivity contribution in [3.05, 3.63) is 0 Å². The van der Waals surface area contributed by atoms with Crippen LogP contribution in [0.5, 0.6) is 0 Å². The molecule has 2 heteroatoms. The summed E-state index contributed by atoms with van der Waals surface area (Å²) < 4.78 is 0. The van der Waals surface area contributed by atoms with E-state index >= 15 is 0 Å². The van der Waals surface area contributed by atoms with Crippen LogP contribution in [0, 0.1) is 16.7 Å². The first kappa shape index (κ1) is 13.9.